The second-order valence-corrected chi connectivity index (χ2v) is 7.64. The van der Waals surface area contributed by atoms with Gasteiger partial charge in [0, 0.05) is 29.4 Å². The van der Waals surface area contributed by atoms with Crippen LogP contribution in [0.1, 0.15) is 33.3 Å². The molecular formula is C23H22N2O2S. The van der Waals surface area contributed by atoms with Gasteiger partial charge in [-0.3, -0.25) is 4.79 Å². The molecule has 0 N–H and O–H groups in total. The van der Waals surface area contributed by atoms with Gasteiger partial charge in [0.1, 0.15) is 5.75 Å². The molecule has 1 atom stereocenters. The molecule has 0 bridgehead atoms. The van der Waals surface area contributed by atoms with E-state index in [-0.39, 0.29) is 11.9 Å². The molecule has 0 aliphatic carbocycles. The van der Waals surface area contributed by atoms with Crippen molar-refractivity contribution in [2.45, 2.75) is 25.9 Å². The van der Waals surface area contributed by atoms with Crippen LogP contribution in [-0.4, -0.2) is 24.0 Å². The lowest BCUT2D eigenvalue weighted by Crippen LogP contribution is -2.39. The topological polar surface area (TPSA) is 53.3 Å². The fraction of sp³-hybridized carbons (Fsp3) is 0.217. The largest absolute Gasteiger partial charge is 0.497 e. The van der Waals surface area contributed by atoms with Crippen LogP contribution in [0.25, 0.3) is 0 Å². The molecule has 3 aromatic rings. The van der Waals surface area contributed by atoms with Crippen LogP contribution in [0, 0.1) is 11.3 Å². The molecule has 0 saturated carbocycles. The van der Waals surface area contributed by atoms with E-state index in [0.717, 1.165) is 17.7 Å². The second kappa shape index (κ2) is 9.20. The number of carbonyl (C=O) groups is 1. The summed E-state index contributed by atoms with van der Waals surface area (Å²) in [6.07, 6.45) is 0.789. The Morgan fingerprint density at radius 1 is 1.18 bits per heavy atom. The highest BCUT2D eigenvalue weighted by Crippen LogP contribution is 2.20. The summed E-state index contributed by atoms with van der Waals surface area (Å²) in [6.45, 7) is 2.56. The van der Waals surface area contributed by atoms with E-state index < -0.39 is 0 Å². The van der Waals surface area contributed by atoms with Gasteiger partial charge in [-0.05, 0) is 54.3 Å². The minimum atomic E-state index is -0.0722. The van der Waals surface area contributed by atoms with Gasteiger partial charge in [-0.15, -0.1) is 11.3 Å². The van der Waals surface area contributed by atoms with Gasteiger partial charge in [0.15, 0.2) is 0 Å². The number of methoxy groups -OCH3 is 1. The van der Waals surface area contributed by atoms with Gasteiger partial charge in [0.25, 0.3) is 5.91 Å². The summed E-state index contributed by atoms with van der Waals surface area (Å²) >= 11 is 1.70. The van der Waals surface area contributed by atoms with E-state index in [1.165, 1.54) is 4.88 Å². The van der Waals surface area contributed by atoms with Gasteiger partial charge in [-0.2, -0.15) is 5.26 Å². The lowest BCUT2D eigenvalue weighted by molar-refractivity contribution is 0.0676. The van der Waals surface area contributed by atoms with Crippen molar-refractivity contribution in [3.05, 3.63) is 87.6 Å². The summed E-state index contributed by atoms with van der Waals surface area (Å²) in [7, 11) is 1.64. The van der Waals surface area contributed by atoms with Crippen molar-refractivity contribution in [2.24, 2.45) is 0 Å². The number of nitrogens with zero attached hydrogens (tertiary/aromatic N) is 2. The monoisotopic (exact) mass is 390 g/mol. The fourth-order valence-electron chi connectivity index (χ4n) is 3.07. The molecule has 142 valence electrons. The van der Waals surface area contributed by atoms with Crippen LogP contribution in [-0.2, 0) is 13.0 Å². The fourth-order valence-corrected chi connectivity index (χ4v) is 3.90. The lowest BCUT2D eigenvalue weighted by Gasteiger charge is -2.29. The molecule has 0 radical (unpaired) electrons. The predicted molar refractivity (Wildman–Crippen MR) is 112 cm³/mol. The number of rotatable bonds is 7. The third-order valence-electron chi connectivity index (χ3n) is 4.62. The van der Waals surface area contributed by atoms with E-state index in [4.69, 9.17) is 10.00 Å². The van der Waals surface area contributed by atoms with Gasteiger partial charge >= 0.3 is 0 Å². The predicted octanol–water partition coefficient (Wildman–Crippen LogP) is 4.90. The molecule has 2 aromatic carbocycles. The van der Waals surface area contributed by atoms with Crippen molar-refractivity contribution in [1.29, 1.82) is 5.26 Å². The summed E-state index contributed by atoms with van der Waals surface area (Å²) in [5, 5.41) is 11.2. The van der Waals surface area contributed by atoms with Crippen LogP contribution in [0.2, 0.25) is 0 Å². The zero-order chi connectivity index (χ0) is 19.9. The highest BCUT2D eigenvalue weighted by Gasteiger charge is 2.23. The van der Waals surface area contributed by atoms with Gasteiger partial charge in [0.05, 0.1) is 18.7 Å². The normalized spacial score (nSPS) is 11.5. The molecule has 3 rings (SSSR count). The Morgan fingerprint density at radius 3 is 2.61 bits per heavy atom. The molecule has 0 spiro atoms. The van der Waals surface area contributed by atoms with E-state index >= 15 is 0 Å². The van der Waals surface area contributed by atoms with Gasteiger partial charge in [-0.1, -0.05) is 24.3 Å². The third-order valence-corrected chi connectivity index (χ3v) is 5.52. The molecule has 28 heavy (non-hydrogen) atoms. The first-order valence-corrected chi connectivity index (χ1v) is 9.95. The molecule has 1 heterocycles. The smallest absolute Gasteiger partial charge is 0.254 e. The molecule has 0 saturated heterocycles. The minimum Gasteiger partial charge on any atom is -0.497 e. The Bertz CT molecular complexity index is 959. The minimum absolute atomic E-state index is 0.0130. The summed E-state index contributed by atoms with van der Waals surface area (Å²) < 4.78 is 5.22. The molecule has 0 aliphatic rings. The summed E-state index contributed by atoms with van der Waals surface area (Å²) in [5.41, 5.74) is 2.05. The molecule has 1 amide bonds. The number of hydrogen-bond acceptors (Lipinski definition) is 4. The highest BCUT2D eigenvalue weighted by molar-refractivity contribution is 7.09. The van der Waals surface area contributed by atoms with Crippen LogP contribution in [0.4, 0.5) is 0 Å². The molecule has 5 heteroatoms. The summed E-state index contributed by atoms with van der Waals surface area (Å²) in [5.74, 6) is 0.715. The van der Waals surface area contributed by atoms with Gasteiger partial charge in [-0.25, -0.2) is 0 Å². The highest BCUT2D eigenvalue weighted by atomic mass is 32.1. The number of hydrogen-bond donors (Lipinski definition) is 0. The van der Waals surface area contributed by atoms with Crippen LogP contribution in [0.3, 0.4) is 0 Å². The first-order valence-electron chi connectivity index (χ1n) is 9.07. The van der Waals surface area contributed by atoms with E-state index in [1.807, 2.05) is 40.6 Å². The zero-order valence-electron chi connectivity index (χ0n) is 16.0. The molecule has 0 fully saturated rings. The summed E-state index contributed by atoms with van der Waals surface area (Å²) in [6, 6.07) is 20.9. The SMILES string of the molecule is COc1ccc(CN(C(=O)c2cccc(C#N)c2)C(C)Cc2cccs2)cc1. The number of benzene rings is 2. The lowest BCUT2D eigenvalue weighted by atomic mass is 10.1. The van der Waals surface area contributed by atoms with Crippen molar-refractivity contribution >= 4 is 17.2 Å². The number of amides is 1. The Hall–Kier alpha value is -3.10. The van der Waals surface area contributed by atoms with Crippen molar-refractivity contribution in [3.8, 4) is 11.8 Å². The molecule has 0 aliphatic heterocycles. The molecule has 1 unspecified atom stereocenters. The number of ether oxygens (including phenoxy) is 1. The second-order valence-electron chi connectivity index (χ2n) is 6.61. The van der Waals surface area contributed by atoms with Crippen molar-refractivity contribution in [2.75, 3.05) is 7.11 Å². The average Bonchev–Trinajstić information content (AvgIpc) is 3.25. The Balaban J connectivity index is 1.87. The summed E-state index contributed by atoms with van der Waals surface area (Å²) in [4.78, 5) is 16.4. The van der Waals surface area contributed by atoms with Crippen LogP contribution < -0.4 is 4.74 Å². The Morgan fingerprint density at radius 2 is 1.96 bits per heavy atom. The molecule has 1 aromatic heterocycles. The Labute approximate surface area is 169 Å². The van der Waals surface area contributed by atoms with Crippen molar-refractivity contribution in [3.63, 3.8) is 0 Å². The van der Waals surface area contributed by atoms with E-state index in [9.17, 15) is 4.79 Å². The maximum Gasteiger partial charge on any atom is 0.254 e. The van der Waals surface area contributed by atoms with Gasteiger partial charge < -0.3 is 9.64 Å². The van der Waals surface area contributed by atoms with Crippen LogP contribution in [0.15, 0.2) is 66.0 Å². The van der Waals surface area contributed by atoms with Crippen molar-refractivity contribution in [1.82, 2.24) is 4.90 Å². The maximum atomic E-state index is 13.3. The maximum absolute atomic E-state index is 13.3. The van der Waals surface area contributed by atoms with E-state index in [0.29, 0.717) is 17.7 Å². The third kappa shape index (κ3) is 4.79. The average molecular weight is 391 g/mol. The molecule has 4 nitrogen and oxygen atoms in total. The zero-order valence-corrected chi connectivity index (χ0v) is 16.8. The molecular weight excluding hydrogens is 368 g/mol. The van der Waals surface area contributed by atoms with Crippen LogP contribution in [0.5, 0.6) is 5.75 Å². The quantitative estimate of drug-likeness (QED) is 0.576. The Kier molecular flexibility index (Phi) is 6.46. The van der Waals surface area contributed by atoms with Crippen LogP contribution >= 0.6 is 11.3 Å². The number of carbonyl (C=O) groups excluding carboxylic acids is 1. The van der Waals surface area contributed by atoms with Gasteiger partial charge in [0.2, 0.25) is 0 Å². The van der Waals surface area contributed by atoms with Crippen molar-refractivity contribution < 1.29 is 9.53 Å². The standard InChI is InChI=1S/C23H22N2O2S/c1-17(13-22-7-4-12-28-22)25(16-18-8-10-21(27-2)11-9-18)23(26)20-6-3-5-19(14-20)15-24/h3-12,14,17H,13,16H2,1-2H3. The number of thiophene rings is 1. The first-order chi connectivity index (χ1) is 13.6. The van der Waals surface area contributed by atoms with E-state index in [2.05, 4.69) is 19.1 Å². The number of nitriles is 1. The first kappa shape index (κ1) is 19.7. The van der Waals surface area contributed by atoms with E-state index in [1.54, 1.807) is 42.7 Å².